The molecule has 8 heteroatoms. The summed E-state index contributed by atoms with van der Waals surface area (Å²) in [6.07, 6.45) is 1.38. The van der Waals surface area contributed by atoms with E-state index in [0.717, 1.165) is 26.2 Å². The molecular weight excluding hydrogens is 248 g/mol. The Morgan fingerprint density at radius 2 is 1.89 bits per heavy atom. The van der Waals surface area contributed by atoms with Gasteiger partial charge in [-0.15, -0.1) is 0 Å². The predicted molar refractivity (Wildman–Crippen MR) is 72.7 cm³/mol. The van der Waals surface area contributed by atoms with Gasteiger partial charge < -0.3 is 14.7 Å². The number of aromatic nitrogens is 2. The standard InChI is InChI=1S/C11H18N6O2/c1-14(2)10-9(17(18)19)11(13-8-12-10)16-6-4-15(3)5-7-16/h8H,4-7H2,1-3H3. The summed E-state index contributed by atoms with van der Waals surface area (Å²) in [7, 11) is 5.52. The molecule has 2 heterocycles. The van der Waals surface area contributed by atoms with Gasteiger partial charge in [0.1, 0.15) is 6.33 Å². The fraction of sp³-hybridized carbons (Fsp3) is 0.636. The zero-order chi connectivity index (χ0) is 14.0. The van der Waals surface area contributed by atoms with Crippen LogP contribution in [0.4, 0.5) is 17.3 Å². The largest absolute Gasteiger partial charge is 0.357 e. The molecule has 0 saturated carbocycles. The number of likely N-dealkylation sites (N-methyl/N-ethyl adjacent to an activating group) is 1. The van der Waals surface area contributed by atoms with Crippen LogP contribution in [0.25, 0.3) is 0 Å². The number of nitrogens with zero attached hydrogens (tertiary/aromatic N) is 6. The van der Waals surface area contributed by atoms with Crippen LogP contribution < -0.4 is 9.80 Å². The Balaban J connectivity index is 2.39. The topological polar surface area (TPSA) is 78.6 Å². The monoisotopic (exact) mass is 266 g/mol. The summed E-state index contributed by atoms with van der Waals surface area (Å²) in [5, 5.41) is 11.3. The molecule has 1 aromatic heterocycles. The first-order chi connectivity index (χ1) is 9.00. The van der Waals surface area contributed by atoms with Crippen molar-refractivity contribution in [3.8, 4) is 0 Å². The Morgan fingerprint density at radius 1 is 1.26 bits per heavy atom. The van der Waals surface area contributed by atoms with Gasteiger partial charge in [-0.1, -0.05) is 0 Å². The molecule has 8 nitrogen and oxygen atoms in total. The highest BCUT2D eigenvalue weighted by atomic mass is 16.6. The van der Waals surface area contributed by atoms with E-state index in [1.54, 1.807) is 19.0 Å². The Labute approximate surface area is 111 Å². The average Bonchev–Trinajstić information content (AvgIpc) is 2.38. The van der Waals surface area contributed by atoms with E-state index in [9.17, 15) is 10.1 Å². The zero-order valence-corrected chi connectivity index (χ0v) is 11.4. The highest BCUT2D eigenvalue weighted by molar-refractivity contribution is 5.70. The van der Waals surface area contributed by atoms with Crippen LogP contribution in [0.2, 0.25) is 0 Å². The lowest BCUT2D eigenvalue weighted by atomic mass is 10.3. The zero-order valence-electron chi connectivity index (χ0n) is 11.4. The molecule has 0 amide bonds. The van der Waals surface area contributed by atoms with Crippen molar-refractivity contribution >= 4 is 17.3 Å². The summed E-state index contributed by atoms with van der Waals surface area (Å²) in [5.41, 5.74) is -0.0166. The van der Waals surface area contributed by atoms with E-state index < -0.39 is 4.92 Å². The number of hydrogen-bond acceptors (Lipinski definition) is 7. The molecule has 0 unspecified atom stereocenters. The molecule has 0 N–H and O–H groups in total. The van der Waals surface area contributed by atoms with Gasteiger partial charge in [-0.2, -0.15) is 0 Å². The quantitative estimate of drug-likeness (QED) is 0.571. The SMILES string of the molecule is CN1CCN(c2ncnc(N(C)C)c2[N+](=O)[O-])CC1. The van der Waals surface area contributed by atoms with E-state index in [1.807, 2.05) is 11.9 Å². The Bertz CT molecular complexity index is 470. The first-order valence-electron chi connectivity index (χ1n) is 6.11. The molecule has 0 aliphatic carbocycles. The maximum absolute atomic E-state index is 11.3. The van der Waals surface area contributed by atoms with Gasteiger partial charge in [0.05, 0.1) is 4.92 Å². The second-order valence-electron chi connectivity index (χ2n) is 4.81. The summed E-state index contributed by atoms with van der Waals surface area (Å²) >= 11 is 0. The first-order valence-corrected chi connectivity index (χ1v) is 6.11. The van der Waals surface area contributed by atoms with Gasteiger partial charge in [-0.3, -0.25) is 10.1 Å². The van der Waals surface area contributed by atoms with Gasteiger partial charge in [0.25, 0.3) is 0 Å². The van der Waals surface area contributed by atoms with Gasteiger partial charge in [0, 0.05) is 40.3 Å². The molecule has 0 radical (unpaired) electrons. The van der Waals surface area contributed by atoms with E-state index in [1.165, 1.54) is 6.33 Å². The van der Waals surface area contributed by atoms with Crippen molar-refractivity contribution < 1.29 is 4.92 Å². The van der Waals surface area contributed by atoms with Crippen LogP contribution in [-0.2, 0) is 0 Å². The summed E-state index contributed by atoms with van der Waals surface area (Å²) in [6, 6.07) is 0. The lowest BCUT2D eigenvalue weighted by Crippen LogP contribution is -2.45. The van der Waals surface area contributed by atoms with Gasteiger partial charge in [0.15, 0.2) is 0 Å². The molecule has 0 spiro atoms. The van der Waals surface area contributed by atoms with Crippen molar-refractivity contribution in [1.82, 2.24) is 14.9 Å². The van der Waals surface area contributed by atoms with Crippen molar-refractivity contribution in [3.63, 3.8) is 0 Å². The van der Waals surface area contributed by atoms with Crippen LogP contribution in [0, 0.1) is 10.1 Å². The number of piperazine rings is 1. The fourth-order valence-corrected chi connectivity index (χ4v) is 2.10. The van der Waals surface area contributed by atoms with E-state index in [4.69, 9.17) is 0 Å². The van der Waals surface area contributed by atoms with Gasteiger partial charge in [0.2, 0.25) is 11.6 Å². The minimum absolute atomic E-state index is 0.0166. The number of hydrogen-bond donors (Lipinski definition) is 0. The third-order valence-electron chi connectivity index (χ3n) is 3.19. The third-order valence-corrected chi connectivity index (χ3v) is 3.19. The molecule has 104 valence electrons. The van der Waals surface area contributed by atoms with Gasteiger partial charge in [-0.25, -0.2) is 9.97 Å². The molecule has 0 bridgehead atoms. The van der Waals surface area contributed by atoms with E-state index in [-0.39, 0.29) is 5.69 Å². The lowest BCUT2D eigenvalue weighted by molar-refractivity contribution is -0.383. The van der Waals surface area contributed by atoms with Gasteiger partial charge >= 0.3 is 5.69 Å². The summed E-state index contributed by atoms with van der Waals surface area (Å²) in [6.45, 7) is 3.22. The molecule has 1 saturated heterocycles. The summed E-state index contributed by atoms with van der Waals surface area (Å²) in [4.78, 5) is 24.8. The second-order valence-corrected chi connectivity index (χ2v) is 4.81. The first kappa shape index (κ1) is 13.5. The van der Waals surface area contributed by atoms with Crippen LogP contribution in [-0.4, -0.2) is 67.1 Å². The van der Waals surface area contributed by atoms with Crippen LogP contribution in [0.5, 0.6) is 0 Å². The Hall–Kier alpha value is -1.96. The average molecular weight is 266 g/mol. The molecule has 2 rings (SSSR count). The smallest absolute Gasteiger partial charge is 0.353 e. The molecule has 1 aliphatic heterocycles. The van der Waals surface area contributed by atoms with Crippen molar-refractivity contribution in [2.24, 2.45) is 0 Å². The second kappa shape index (κ2) is 5.35. The maximum Gasteiger partial charge on any atom is 0.353 e. The predicted octanol–water partition coefficient (Wildman–Crippen LogP) is 0.203. The molecule has 1 fully saturated rings. The summed E-state index contributed by atoms with van der Waals surface area (Å²) in [5.74, 6) is 0.755. The minimum Gasteiger partial charge on any atom is -0.357 e. The van der Waals surface area contributed by atoms with E-state index in [2.05, 4.69) is 14.9 Å². The van der Waals surface area contributed by atoms with Gasteiger partial charge in [-0.05, 0) is 7.05 Å². The van der Waals surface area contributed by atoms with E-state index in [0.29, 0.717) is 11.6 Å². The lowest BCUT2D eigenvalue weighted by Gasteiger charge is -2.33. The molecule has 0 aromatic carbocycles. The van der Waals surface area contributed by atoms with Crippen LogP contribution >= 0.6 is 0 Å². The number of nitro groups is 1. The van der Waals surface area contributed by atoms with Crippen molar-refractivity contribution in [1.29, 1.82) is 0 Å². The van der Waals surface area contributed by atoms with Crippen molar-refractivity contribution in [2.45, 2.75) is 0 Å². The van der Waals surface area contributed by atoms with Crippen molar-refractivity contribution in [3.05, 3.63) is 16.4 Å². The van der Waals surface area contributed by atoms with Crippen LogP contribution in [0.3, 0.4) is 0 Å². The molecular formula is C11H18N6O2. The molecule has 19 heavy (non-hydrogen) atoms. The molecule has 1 aromatic rings. The fourth-order valence-electron chi connectivity index (χ4n) is 2.10. The molecule has 1 aliphatic rings. The highest BCUT2D eigenvalue weighted by Gasteiger charge is 2.29. The highest BCUT2D eigenvalue weighted by Crippen LogP contribution is 2.33. The van der Waals surface area contributed by atoms with Crippen LogP contribution in [0.1, 0.15) is 0 Å². The summed E-state index contributed by atoms with van der Waals surface area (Å²) < 4.78 is 0. The normalized spacial score (nSPS) is 16.5. The van der Waals surface area contributed by atoms with E-state index >= 15 is 0 Å². The third kappa shape index (κ3) is 2.73. The number of anilines is 2. The number of rotatable bonds is 3. The maximum atomic E-state index is 11.3. The van der Waals surface area contributed by atoms with Crippen LogP contribution in [0.15, 0.2) is 6.33 Å². The Kier molecular flexibility index (Phi) is 3.79. The Morgan fingerprint density at radius 3 is 2.42 bits per heavy atom. The van der Waals surface area contributed by atoms with Crippen molar-refractivity contribution in [2.75, 3.05) is 57.1 Å². The molecule has 0 atom stereocenters. The minimum atomic E-state index is -0.400.